The van der Waals surface area contributed by atoms with Gasteiger partial charge in [-0.1, -0.05) is 20.3 Å². The van der Waals surface area contributed by atoms with E-state index in [1.54, 1.807) is 0 Å². The SMILES string of the molecule is CCCC(CC)NC(=O)c1cnc(NN)cn1. The number of carbonyl (C=O) groups is 1. The Hall–Kier alpha value is -1.69. The highest BCUT2D eigenvalue weighted by molar-refractivity contribution is 5.92. The monoisotopic (exact) mass is 237 g/mol. The molecule has 94 valence electrons. The quantitative estimate of drug-likeness (QED) is 0.508. The van der Waals surface area contributed by atoms with E-state index >= 15 is 0 Å². The Kier molecular flexibility index (Phi) is 5.35. The van der Waals surface area contributed by atoms with Crippen molar-refractivity contribution >= 4 is 11.7 Å². The number of nitrogens with zero attached hydrogens (tertiary/aromatic N) is 2. The number of hydrazine groups is 1. The first-order valence-electron chi connectivity index (χ1n) is 5.80. The molecule has 1 amide bonds. The average Bonchev–Trinajstić information content (AvgIpc) is 2.38. The van der Waals surface area contributed by atoms with Crippen LogP contribution < -0.4 is 16.6 Å². The van der Waals surface area contributed by atoms with Crippen molar-refractivity contribution in [1.29, 1.82) is 0 Å². The van der Waals surface area contributed by atoms with Crippen LogP contribution in [0, 0.1) is 0 Å². The third-order valence-electron chi connectivity index (χ3n) is 2.50. The molecule has 1 aromatic heterocycles. The zero-order valence-corrected chi connectivity index (χ0v) is 10.2. The Morgan fingerprint density at radius 1 is 1.41 bits per heavy atom. The van der Waals surface area contributed by atoms with Gasteiger partial charge in [0.15, 0.2) is 5.82 Å². The molecule has 1 aromatic rings. The summed E-state index contributed by atoms with van der Waals surface area (Å²) in [4.78, 5) is 19.7. The van der Waals surface area contributed by atoms with E-state index in [9.17, 15) is 4.79 Å². The van der Waals surface area contributed by atoms with Gasteiger partial charge in [-0.2, -0.15) is 0 Å². The van der Waals surface area contributed by atoms with E-state index in [0.717, 1.165) is 19.3 Å². The molecule has 0 aliphatic carbocycles. The summed E-state index contributed by atoms with van der Waals surface area (Å²) in [6.07, 6.45) is 5.76. The second-order valence-corrected chi connectivity index (χ2v) is 3.80. The maximum absolute atomic E-state index is 11.8. The molecule has 6 nitrogen and oxygen atoms in total. The van der Waals surface area contributed by atoms with Crippen molar-refractivity contribution in [3.63, 3.8) is 0 Å². The molecule has 0 aromatic carbocycles. The van der Waals surface area contributed by atoms with Gasteiger partial charge in [-0.15, -0.1) is 0 Å². The maximum atomic E-state index is 11.8. The number of aromatic nitrogens is 2. The molecular weight excluding hydrogens is 218 g/mol. The zero-order valence-electron chi connectivity index (χ0n) is 10.2. The lowest BCUT2D eigenvalue weighted by atomic mass is 10.1. The fourth-order valence-corrected chi connectivity index (χ4v) is 1.51. The number of carbonyl (C=O) groups excluding carboxylic acids is 1. The van der Waals surface area contributed by atoms with E-state index in [0.29, 0.717) is 11.5 Å². The van der Waals surface area contributed by atoms with Crippen molar-refractivity contribution < 1.29 is 4.79 Å². The van der Waals surface area contributed by atoms with E-state index in [2.05, 4.69) is 27.6 Å². The molecule has 1 unspecified atom stereocenters. The van der Waals surface area contributed by atoms with E-state index in [1.807, 2.05) is 6.92 Å². The Bertz CT molecular complexity index is 351. The summed E-state index contributed by atoms with van der Waals surface area (Å²) < 4.78 is 0. The fourth-order valence-electron chi connectivity index (χ4n) is 1.51. The summed E-state index contributed by atoms with van der Waals surface area (Å²) in [6, 6.07) is 0.196. The van der Waals surface area contributed by atoms with Crippen LogP contribution in [0.2, 0.25) is 0 Å². The molecular formula is C11H19N5O. The van der Waals surface area contributed by atoms with E-state index in [4.69, 9.17) is 5.84 Å². The van der Waals surface area contributed by atoms with Gasteiger partial charge in [0.1, 0.15) is 5.69 Å². The Morgan fingerprint density at radius 3 is 2.65 bits per heavy atom. The van der Waals surface area contributed by atoms with E-state index in [-0.39, 0.29) is 11.9 Å². The standard InChI is InChI=1S/C11H19N5O/c1-3-5-8(4-2)15-11(17)9-6-14-10(16-12)7-13-9/h6-8H,3-5,12H2,1-2H3,(H,14,16)(H,15,17). The summed E-state index contributed by atoms with van der Waals surface area (Å²) in [7, 11) is 0. The lowest BCUT2D eigenvalue weighted by Crippen LogP contribution is -2.34. The van der Waals surface area contributed by atoms with Crippen LogP contribution in [0.3, 0.4) is 0 Å². The minimum Gasteiger partial charge on any atom is -0.348 e. The summed E-state index contributed by atoms with van der Waals surface area (Å²) >= 11 is 0. The van der Waals surface area contributed by atoms with Gasteiger partial charge in [0, 0.05) is 6.04 Å². The number of nitrogens with two attached hydrogens (primary N) is 1. The van der Waals surface area contributed by atoms with Crippen LogP contribution in [0.4, 0.5) is 5.82 Å². The molecule has 1 rings (SSSR count). The topological polar surface area (TPSA) is 92.9 Å². The van der Waals surface area contributed by atoms with Crippen molar-refractivity contribution in [3.05, 3.63) is 18.1 Å². The minimum absolute atomic E-state index is 0.193. The largest absolute Gasteiger partial charge is 0.348 e. The van der Waals surface area contributed by atoms with Crippen LogP contribution in [0.1, 0.15) is 43.6 Å². The average molecular weight is 237 g/mol. The third-order valence-corrected chi connectivity index (χ3v) is 2.50. The first-order valence-corrected chi connectivity index (χ1v) is 5.80. The molecule has 0 radical (unpaired) electrons. The molecule has 0 saturated heterocycles. The van der Waals surface area contributed by atoms with Crippen LogP contribution >= 0.6 is 0 Å². The van der Waals surface area contributed by atoms with Gasteiger partial charge in [0.05, 0.1) is 12.4 Å². The molecule has 17 heavy (non-hydrogen) atoms. The minimum atomic E-state index is -0.193. The first kappa shape index (κ1) is 13.4. The molecule has 6 heteroatoms. The summed E-state index contributed by atoms with van der Waals surface area (Å²) in [6.45, 7) is 4.14. The van der Waals surface area contributed by atoms with Gasteiger partial charge in [-0.05, 0) is 12.8 Å². The van der Waals surface area contributed by atoms with Gasteiger partial charge in [-0.3, -0.25) is 4.79 Å². The van der Waals surface area contributed by atoms with Gasteiger partial charge in [-0.25, -0.2) is 15.8 Å². The van der Waals surface area contributed by atoms with Crippen LogP contribution in [0.25, 0.3) is 0 Å². The van der Waals surface area contributed by atoms with Crippen molar-refractivity contribution in [3.8, 4) is 0 Å². The first-order chi connectivity index (χ1) is 8.21. The number of amides is 1. The number of anilines is 1. The highest BCUT2D eigenvalue weighted by Gasteiger charge is 2.12. The summed E-state index contributed by atoms with van der Waals surface area (Å²) in [5, 5.41) is 2.93. The molecule has 0 saturated carbocycles. The third kappa shape index (κ3) is 3.99. The molecule has 0 spiro atoms. The van der Waals surface area contributed by atoms with Crippen molar-refractivity contribution in [2.45, 2.75) is 39.2 Å². The molecule has 1 atom stereocenters. The Balaban J connectivity index is 2.62. The van der Waals surface area contributed by atoms with Gasteiger partial charge >= 0.3 is 0 Å². The number of nitrogen functional groups attached to an aromatic ring is 1. The van der Waals surface area contributed by atoms with Crippen LogP contribution in [0.5, 0.6) is 0 Å². The Morgan fingerprint density at radius 2 is 2.18 bits per heavy atom. The van der Waals surface area contributed by atoms with E-state index in [1.165, 1.54) is 12.4 Å². The zero-order chi connectivity index (χ0) is 12.7. The van der Waals surface area contributed by atoms with E-state index < -0.39 is 0 Å². The summed E-state index contributed by atoms with van der Waals surface area (Å²) in [5.41, 5.74) is 2.66. The van der Waals surface area contributed by atoms with Crippen molar-refractivity contribution in [2.75, 3.05) is 5.43 Å². The smallest absolute Gasteiger partial charge is 0.271 e. The number of rotatable bonds is 6. The van der Waals surface area contributed by atoms with Crippen LogP contribution in [-0.2, 0) is 0 Å². The molecule has 0 aliphatic rings. The summed E-state index contributed by atoms with van der Waals surface area (Å²) in [5.74, 6) is 5.40. The van der Waals surface area contributed by atoms with Crippen molar-refractivity contribution in [2.24, 2.45) is 5.84 Å². The highest BCUT2D eigenvalue weighted by Crippen LogP contribution is 2.04. The molecule has 0 fully saturated rings. The predicted octanol–water partition coefficient (Wildman–Crippen LogP) is 1.07. The second kappa shape index (κ2) is 6.80. The highest BCUT2D eigenvalue weighted by atomic mass is 16.1. The number of hydrogen-bond donors (Lipinski definition) is 3. The normalized spacial score (nSPS) is 11.9. The number of nitrogens with one attached hydrogen (secondary N) is 2. The molecule has 0 bridgehead atoms. The van der Waals surface area contributed by atoms with Crippen LogP contribution in [-0.4, -0.2) is 21.9 Å². The van der Waals surface area contributed by atoms with Crippen LogP contribution in [0.15, 0.2) is 12.4 Å². The fraction of sp³-hybridized carbons (Fsp3) is 0.545. The van der Waals surface area contributed by atoms with Crippen molar-refractivity contribution in [1.82, 2.24) is 15.3 Å². The maximum Gasteiger partial charge on any atom is 0.271 e. The lowest BCUT2D eigenvalue weighted by Gasteiger charge is -2.15. The molecule has 1 heterocycles. The second-order valence-electron chi connectivity index (χ2n) is 3.80. The Labute approximate surface area is 101 Å². The van der Waals surface area contributed by atoms with Gasteiger partial charge in [0.2, 0.25) is 0 Å². The van der Waals surface area contributed by atoms with Gasteiger partial charge < -0.3 is 10.7 Å². The molecule has 4 N–H and O–H groups in total. The number of hydrogen-bond acceptors (Lipinski definition) is 5. The molecule has 0 aliphatic heterocycles. The predicted molar refractivity (Wildman–Crippen MR) is 66.3 cm³/mol. The van der Waals surface area contributed by atoms with Gasteiger partial charge in [0.25, 0.3) is 5.91 Å². The lowest BCUT2D eigenvalue weighted by molar-refractivity contribution is 0.0928.